The number of nitrogens with two attached hydrogens (primary N) is 1. The molecule has 4 rings (SSSR count). The zero-order valence-electron chi connectivity index (χ0n) is 16.8. The Bertz CT molecular complexity index is 1310. The molecule has 7 heteroatoms. The minimum absolute atomic E-state index is 0.0180. The van der Waals surface area contributed by atoms with Crippen molar-refractivity contribution in [3.8, 4) is 6.07 Å². The molecule has 0 aliphatic carbocycles. The standard InChI is InChI=1S/C25H17N3O4/c26-15-20-21(18-12-7-13-19(14-18)28(30)31)22(23(29)16-8-3-1-4-9-16)24(32-25(20)27)17-10-5-2-6-11-17/h1-14,21H,27H2/t21-/m1/s1. The van der Waals surface area contributed by atoms with Gasteiger partial charge in [0.1, 0.15) is 17.4 Å². The summed E-state index contributed by atoms with van der Waals surface area (Å²) in [5.74, 6) is -1.22. The molecule has 7 nitrogen and oxygen atoms in total. The highest BCUT2D eigenvalue weighted by Gasteiger charge is 2.38. The molecule has 2 N–H and O–H groups in total. The van der Waals surface area contributed by atoms with Crippen molar-refractivity contribution in [1.29, 1.82) is 5.26 Å². The Morgan fingerprint density at radius 3 is 2.28 bits per heavy atom. The molecule has 3 aromatic rings. The number of carbonyl (C=O) groups is 1. The lowest BCUT2D eigenvalue weighted by atomic mass is 9.79. The van der Waals surface area contributed by atoms with Crippen molar-refractivity contribution in [2.45, 2.75) is 5.92 Å². The molecule has 0 amide bonds. The largest absolute Gasteiger partial charge is 0.439 e. The Kier molecular flexibility index (Phi) is 5.51. The van der Waals surface area contributed by atoms with E-state index in [0.717, 1.165) is 0 Å². The molecule has 32 heavy (non-hydrogen) atoms. The van der Waals surface area contributed by atoms with Crippen molar-refractivity contribution < 1.29 is 14.5 Å². The summed E-state index contributed by atoms with van der Waals surface area (Å²) in [6, 6.07) is 25.4. The van der Waals surface area contributed by atoms with Gasteiger partial charge in [-0.2, -0.15) is 5.26 Å². The van der Waals surface area contributed by atoms with Gasteiger partial charge in [0, 0.05) is 23.3 Å². The molecule has 1 aliphatic rings. The van der Waals surface area contributed by atoms with Gasteiger partial charge in [-0.1, -0.05) is 72.8 Å². The second-order valence-corrected chi connectivity index (χ2v) is 7.08. The number of ketones is 1. The monoisotopic (exact) mass is 423 g/mol. The van der Waals surface area contributed by atoms with Crippen molar-refractivity contribution in [3.05, 3.63) is 129 Å². The van der Waals surface area contributed by atoms with Crippen LogP contribution in [0.25, 0.3) is 5.76 Å². The number of hydrogen-bond acceptors (Lipinski definition) is 6. The third kappa shape index (κ3) is 3.73. The van der Waals surface area contributed by atoms with Crippen LogP contribution < -0.4 is 5.73 Å². The Morgan fingerprint density at radius 2 is 1.66 bits per heavy atom. The van der Waals surface area contributed by atoms with Gasteiger partial charge >= 0.3 is 0 Å². The molecule has 0 saturated heterocycles. The smallest absolute Gasteiger partial charge is 0.269 e. The van der Waals surface area contributed by atoms with Crippen molar-refractivity contribution >= 4 is 17.2 Å². The fraction of sp³-hybridized carbons (Fsp3) is 0.0400. The second-order valence-electron chi connectivity index (χ2n) is 7.08. The predicted octanol–water partition coefficient (Wildman–Crippen LogP) is 4.70. The molecular formula is C25H17N3O4. The van der Waals surface area contributed by atoms with Crippen molar-refractivity contribution in [2.24, 2.45) is 5.73 Å². The van der Waals surface area contributed by atoms with E-state index in [2.05, 4.69) is 0 Å². The third-order valence-electron chi connectivity index (χ3n) is 5.15. The van der Waals surface area contributed by atoms with Gasteiger partial charge in [0.2, 0.25) is 5.88 Å². The van der Waals surface area contributed by atoms with Crippen LogP contribution in [0.4, 0.5) is 5.69 Å². The van der Waals surface area contributed by atoms with Crippen LogP contribution in [0, 0.1) is 21.4 Å². The van der Waals surface area contributed by atoms with Crippen LogP contribution in [0.2, 0.25) is 0 Å². The molecule has 0 fully saturated rings. The Hall–Kier alpha value is -4.70. The summed E-state index contributed by atoms with van der Waals surface area (Å²) >= 11 is 0. The number of hydrogen-bond donors (Lipinski definition) is 1. The van der Waals surface area contributed by atoms with E-state index in [1.165, 1.54) is 18.2 Å². The molecule has 3 aromatic carbocycles. The molecule has 0 aromatic heterocycles. The molecule has 1 heterocycles. The highest BCUT2D eigenvalue weighted by molar-refractivity contribution is 6.14. The number of carbonyl (C=O) groups excluding carboxylic acids is 1. The average molecular weight is 423 g/mol. The van der Waals surface area contributed by atoms with Crippen LogP contribution in [-0.2, 0) is 4.74 Å². The van der Waals surface area contributed by atoms with Gasteiger partial charge in [-0.3, -0.25) is 14.9 Å². The van der Waals surface area contributed by atoms with Gasteiger partial charge in [0.25, 0.3) is 5.69 Å². The quantitative estimate of drug-likeness (QED) is 0.361. The fourth-order valence-electron chi connectivity index (χ4n) is 3.69. The maximum atomic E-state index is 13.7. The maximum Gasteiger partial charge on any atom is 0.269 e. The summed E-state index contributed by atoms with van der Waals surface area (Å²) in [4.78, 5) is 24.6. The van der Waals surface area contributed by atoms with Crippen molar-refractivity contribution in [1.82, 2.24) is 0 Å². The van der Waals surface area contributed by atoms with E-state index in [0.29, 0.717) is 16.7 Å². The van der Waals surface area contributed by atoms with Crippen LogP contribution in [-0.4, -0.2) is 10.7 Å². The first-order valence-corrected chi connectivity index (χ1v) is 9.72. The first kappa shape index (κ1) is 20.6. The zero-order valence-corrected chi connectivity index (χ0v) is 16.8. The van der Waals surface area contributed by atoms with Crippen LogP contribution in [0.5, 0.6) is 0 Å². The Labute approximate surface area is 183 Å². The van der Waals surface area contributed by atoms with Crippen molar-refractivity contribution in [3.63, 3.8) is 0 Å². The van der Waals surface area contributed by atoms with Gasteiger partial charge in [-0.15, -0.1) is 0 Å². The molecule has 156 valence electrons. The summed E-state index contributed by atoms with van der Waals surface area (Å²) in [7, 11) is 0. The van der Waals surface area contributed by atoms with E-state index in [9.17, 15) is 20.2 Å². The van der Waals surface area contributed by atoms with E-state index in [4.69, 9.17) is 10.5 Å². The molecule has 0 unspecified atom stereocenters. The normalized spacial score (nSPS) is 15.7. The summed E-state index contributed by atoms with van der Waals surface area (Å²) in [6.07, 6.45) is 0. The molecule has 0 saturated carbocycles. The number of non-ortho nitro benzene ring substituents is 1. The number of rotatable bonds is 5. The number of nitro groups is 1. The lowest BCUT2D eigenvalue weighted by molar-refractivity contribution is -0.384. The lowest BCUT2D eigenvalue weighted by Crippen LogP contribution is -2.25. The number of allylic oxidation sites excluding steroid dienone is 2. The Balaban J connectivity index is 2.01. The van der Waals surface area contributed by atoms with E-state index in [1.807, 2.05) is 12.1 Å². The van der Waals surface area contributed by atoms with Crippen LogP contribution >= 0.6 is 0 Å². The molecule has 1 atom stereocenters. The summed E-state index contributed by atoms with van der Waals surface area (Å²) < 4.78 is 5.82. The van der Waals surface area contributed by atoms with E-state index in [-0.39, 0.29) is 34.3 Å². The first-order valence-electron chi connectivity index (χ1n) is 9.72. The Morgan fingerprint density at radius 1 is 1.00 bits per heavy atom. The van der Waals surface area contributed by atoms with Gasteiger partial charge in [0.15, 0.2) is 5.78 Å². The number of Topliss-reactive ketones (excluding diaryl/α,β-unsaturated/α-hetero) is 1. The highest BCUT2D eigenvalue weighted by atomic mass is 16.6. The average Bonchev–Trinajstić information content (AvgIpc) is 2.84. The SMILES string of the molecule is N#CC1=C(N)OC(c2ccccc2)=C(C(=O)c2ccccc2)[C@@H]1c1cccc([N+](=O)[O-])c1. The topological polar surface area (TPSA) is 119 Å². The summed E-state index contributed by atoms with van der Waals surface area (Å²) in [5.41, 5.74) is 7.54. The number of benzene rings is 3. The second kappa shape index (κ2) is 8.58. The van der Waals surface area contributed by atoms with E-state index in [1.54, 1.807) is 60.7 Å². The molecule has 1 aliphatic heterocycles. The minimum Gasteiger partial charge on any atom is -0.439 e. The minimum atomic E-state index is -0.934. The first-order chi connectivity index (χ1) is 15.5. The number of nitrogens with zero attached hydrogens (tertiary/aromatic N) is 2. The maximum absolute atomic E-state index is 13.7. The van der Waals surface area contributed by atoms with Gasteiger partial charge in [0.05, 0.1) is 16.4 Å². The number of nitro benzene ring substituents is 1. The van der Waals surface area contributed by atoms with E-state index < -0.39 is 10.8 Å². The zero-order chi connectivity index (χ0) is 22.7. The number of nitriles is 1. The van der Waals surface area contributed by atoms with Crippen LogP contribution in [0.3, 0.4) is 0 Å². The molecule has 0 radical (unpaired) electrons. The fourth-order valence-corrected chi connectivity index (χ4v) is 3.69. The van der Waals surface area contributed by atoms with Crippen molar-refractivity contribution in [2.75, 3.05) is 0 Å². The molecule has 0 spiro atoms. The predicted molar refractivity (Wildman–Crippen MR) is 118 cm³/mol. The van der Waals surface area contributed by atoms with Crippen LogP contribution in [0.15, 0.2) is 102 Å². The van der Waals surface area contributed by atoms with Gasteiger partial charge in [-0.25, -0.2) is 0 Å². The van der Waals surface area contributed by atoms with Crippen LogP contribution in [0.1, 0.15) is 27.4 Å². The summed E-state index contributed by atoms with van der Waals surface area (Å²) in [6.45, 7) is 0. The molecular weight excluding hydrogens is 406 g/mol. The number of ether oxygens (including phenoxy) is 1. The van der Waals surface area contributed by atoms with Gasteiger partial charge in [-0.05, 0) is 5.56 Å². The van der Waals surface area contributed by atoms with E-state index >= 15 is 0 Å². The molecule has 0 bridgehead atoms. The third-order valence-corrected chi connectivity index (χ3v) is 5.15. The highest BCUT2D eigenvalue weighted by Crippen LogP contribution is 2.44. The lowest BCUT2D eigenvalue weighted by Gasteiger charge is -2.28. The summed E-state index contributed by atoms with van der Waals surface area (Å²) in [5, 5.41) is 21.2. The van der Waals surface area contributed by atoms with Gasteiger partial charge < -0.3 is 10.5 Å².